The summed E-state index contributed by atoms with van der Waals surface area (Å²) in [6, 6.07) is 21.1. The molecule has 2 heterocycles. The first-order valence-corrected chi connectivity index (χ1v) is 11.1. The summed E-state index contributed by atoms with van der Waals surface area (Å²) < 4.78 is 7.43. The van der Waals surface area contributed by atoms with Gasteiger partial charge in [-0.25, -0.2) is 0 Å². The van der Waals surface area contributed by atoms with Gasteiger partial charge in [0.25, 0.3) is 11.9 Å². The van der Waals surface area contributed by atoms with Crippen molar-refractivity contribution in [2.75, 3.05) is 11.9 Å². The van der Waals surface area contributed by atoms with Crippen LogP contribution in [0.1, 0.15) is 34.3 Å². The van der Waals surface area contributed by atoms with Gasteiger partial charge in [0, 0.05) is 22.0 Å². The van der Waals surface area contributed by atoms with E-state index in [2.05, 4.69) is 15.9 Å². The van der Waals surface area contributed by atoms with Crippen molar-refractivity contribution in [1.29, 1.82) is 0 Å². The van der Waals surface area contributed by atoms with Crippen LogP contribution < -0.4 is 4.90 Å². The molecule has 162 valence electrons. The van der Waals surface area contributed by atoms with E-state index in [9.17, 15) is 14.9 Å². The number of likely N-dealkylation sites (N-methyl/N-ethyl adjacent to an activating group) is 1. The molecule has 32 heavy (non-hydrogen) atoms. The molecular weight excluding hydrogens is 472 g/mol. The first-order valence-electron chi connectivity index (χ1n) is 10.4. The van der Waals surface area contributed by atoms with Gasteiger partial charge in [-0.1, -0.05) is 76.1 Å². The Kier molecular flexibility index (Phi) is 4.91. The van der Waals surface area contributed by atoms with E-state index in [-0.39, 0.29) is 10.8 Å². The fraction of sp³-hybridized carbons (Fsp3) is 0.240. The molecule has 5 rings (SSSR count). The molecule has 0 radical (unpaired) electrons. The number of aryl methyl sites for hydroxylation is 1. The quantitative estimate of drug-likeness (QED) is 0.375. The predicted octanol–water partition coefficient (Wildman–Crippen LogP) is 5.13. The lowest BCUT2D eigenvalue weighted by Crippen LogP contribution is -2.44. The zero-order valence-electron chi connectivity index (χ0n) is 17.6. The van der Waals surface area contributed by atoms with Crippen molar-refractivity contribution < 1.29 is 14.5 Å². The van der Waals surface area contributed by atoms with E-state index in [1.807, 2.05) is 79.7 Å². The maximum Gasteiger partial charge on any atom is 0.264 e. The second kappa shape index (κ2) is 7.53. The lowest BCUT2D eigenvalue weighted by atomic mass is 9.74. The summed E-state index contributed by atoms with van der Waals surface area (Å²) in [5.74, 6) is -1.07. The van der Waals surface area contributed by atoms with E-state index in [1.54, 1.807) is 11.9 Å². The van der Waals surface area contributed by atoms with Crippen LogP contribution in [0.3, 0.4) is 0 Å². The minimum absolute atomic E-state index is 0.282. The second-order valence-electron chi connectivity index (χ2n) is 8.37. The predicted molar refractivity (Wildman–Crippen MR) is 124 cm³/mol. The number of nitro groups is 1. The van der Waals surface area contributed by atoms with Gasteiger partial charge in [-0.05, 0) is 36.2 Å². The molecule has 0 bridgehead atoms. The highest BCUT2D eigenvalue weighted by atomic mass is 79.9. The van der Waals surface area contributed by atoms with Crippen LogP contribution in [0.2, 0.25) is 0 Å². The molecular formula is C25H21BrN2O4. The van der Waals surface area contributed by atoms with Gasteiger partial charge in [0.15, 0.2) is 11.7 Å². The molecule has 1 spiro atoms. The summed E-state index contributed by atoms with van der Waals surface area (Å²) in [4.78, 5) is 27.6. The molecule has 3 aromatic rings. The van der Waals surface area contributed by atoms with Gasteiger partial charge in [-0.2, -0.15) is 0 Å². The number of benzene rings is 3. The summed E-state index contributed by atoms with van der Waals surface area (Å²) in [6.45, 7) is 1.96. The molecule has 1 saturated heterocycles. The van der Waals surface area contributed by atoms with Crippen LogP contribution in [0, 0.1) is 17.0 Å². The molecule has 6 nitrogen and oxygen atoms in total. The Morgan fingerprint density at radius 2 is 1.62 bits per heavy atom. The fourth-order valence-corrected chi connectivity index (χ4v) is 5.35. The van der Waals surface area contributed by atoms with E-state index in [0.29, 0.717) is 16.8 Å². The number of halogens is 1. The molecule has 2 aliphatic rings. The van der Waals surface area contributed by atoms with Crippen molar-refractivity contribution in [2.24, 2.45) is 0 Å². The summed E-state index contributed by atoms with van der Waals surface area (Å²) in [7, 11) is 1.69. The topological polar surface area (TPSA) is 72.7 Å². The summed E-state index contributed by atoms with van der Waals surface area (Å²) >= 11 is 3.42. The molecule has 4 atom stereocenters. The Balaban J connectivity index is 1.78. The largest absolute Gasteiger partial charge is 0.344 e. The maximum absolute atomic E-state index is 13.8. The van der Waals surface area contributed by atoms with Crippen molar-refractivity contribution in [2.45, 2.75) is 30.6 Å². The zero-order chi connectivity index (χ0) is 22.6. The first kappa shape index (κ1) is 20.8. The summed E-state index contributed by atoms with van der Waals surface area (Å²) in [5.41, 5.74) is 2.34. The fourth-order valence-electron chi connectivity index (χ4n) is 5.08. The number of ether oxygens (including phenoxy) is 1. The lowest BCUT2D eigenvalue weighted by Gasteiger charge is -2.29. The molecule has 0 unspecified atom stereocenters. The average Bonchev–Trinajstić information content (AvgIpc) is 3.25. The molecule has 1 amide bonds. The number of fused-ring (bicyclic) bond motifs is 2. The highest BCUT2D eigenvalue weighted by Crippen LogP contribution is 2.60. The average molecular weight is 493 g/mol. The smallest absolute Gasteiger partial charge is 0.264 e. The number of rotatable bonds is 3. The van der Waals surface area contributed by atoms with Crippen molar-refractivity contribution in [3.05, 3.63) is 110 Å². The van der Waals surface area contributed by atoms with Gasteiger partial charge in [0.05, 0.1) is 11.6 Å². The van der Waals surface area contributed by atoms with Crippen LogP contribution in [-0.4, -0.2) is 23.9 Å². The third kappa shape index (κ3) is 2.92. The van der Waals surface area contributed by atoms with Crippen LogP contribution >= 0.6 is 15.9 Å². The second-order valence-corrected chi connectivity index (χ2v) is 9.29. The highest BCUT2D eigenvalue weighted by Gasteiger charge is 2.69. The van der Waals surface area contributed by atoms with E-state index in [1.165, 1.54) is 0 Å². The van der Waals surface area contributed by atoms with Gasteiger partial charge in [0.2, 0.25) is 0 Å². The Morgan fingerprint density at radius 1 is 1.00 bits per heavy atom. The number of para-hydroxylation sites is 1. The van der Waals surface area contributed by atoms with Gasteiger partial charge >= 0.3 is 0 Å². The standard InChI is InChI=1S/C25H21BrN2O4/c1-15-7-9-16(10-8-15)21-22(28(30)31)23(17-11-13-18(26)14-12-17)32-25(21)19-5-3-4-6-20(19)27(2)24(25)29/h3-14,21-23H,1-2H3/t21-,22-,23-,25+/m0/s1. The third-order valence-electron chi connectivity index (χ3n) is 6.57. The maximum atomic E-state index is 13.8. The number of hydrogen-bond donors (Lipinski definition) is 0. The summed E-state index contributed by atoms with van der Waals surface area (Å²) in [5, 5.41) is 12.5. The molecule has 3 aromatic carbocycles. The minimum atomic E-state index is -1.48. The van der Waals surface area contributed by atoms with Crippen molar-refractivity contribution in [1.82, 2.24) is 0 Å². The van der Waals surface area contributed by atoms with Crippen LogP contribution in [0.4, 0.5) is 5.69 Å². The van der Waals surface area contributed by atoms with Crippen molar-refractivity contribution in [3.63, 3.8) is 0 Å². The van der Waals surface area contributed by atoms with E-state index in [0.717, 1.165) is 15.6 Å². The van der Waals surface area contributed by atoms with Crippen LogP contribution in [0.15, 0.2) is 77.3 Å². The van der Waals surface area contributed by atoms with Crippen LogP contribution in [0.5, 0.6) is 0 Å². The van der Waals surface area contributed by atoms with Crippen LogP contribution in [0.25, 0.3) is 0 Å². The third-order valence-corrected chi connectivity index (χ3v) is 7.10. The van der Waals surface area contributed by atoms with Gasteiger partial charge < -0.3 is 9.64 Å². The van der Waals surface area contributed by atoms with Crippen molar-refractivity contribution >= 4 is 27.5 Å². The number of hydrogen-bond acceptors (Lipinski definition) is 4. The molecule has 0 saturated carbocycles. The van der Waals surface area contributed by atoms with E-state index in [4.69, 9.17) is 4.74 Å². The number of carbonyl (C=O) groups excluding carboxylic acids is 1. The molecule has 7 heteroatoms. The monoisotopic (exact) mass is 492 g/mol. The van der Waals surface area contributed by atoms with Gasteiger partial charge in [-0.3, -0.25) is 14.9 Å². The number of amides is 1. The normalized spacial score (nSPS) is 26.5. The van der Waals surface area contributed by atoms with E-state index >= 15 is 0 Å². The lowest BCUT2D eigenvalue weighted by molar-refractivity contribution is -0.531. The Labute approximate surface area is 194 Å². The highest BCUT2D eigenvalue weighted by molar-refractivity contribution is 9.10. The van der Waals surface area contributed by atoms with Gasteiger partial charge in [-0.15, -0.1) is 0 Å². The number of anilines is 1. The SMILES string of the molecule is Cc1ccc([C@H]2[C@H]([N+](=O)[O-])[C@H](c3ccc(Br)cc3)O[C@@]23C(=O)N(C)c2ccccc23)cc1. The van der Waals surface area contributed by atoms with Crippen LogP contribution in [-0.2, 0) is 15.1 Å². The molecule has 0 N–H and O–H groups in total. The summed E-state index contributed by atoms with van der Waals surface area (Å²) in [6.07, 6.45) is -0.882. The minimum Gasteiger partial charge on any atom is -0.344 e. The number of carbonyl (C=O) groups is 1. The molecule has 2 aliphatic heterocycles. The Morgan fingerprint density at radius 3 is 2.28 bits per heavy atom. The first-order chi connectivity index (χ1) is 15.3. The Bertz CT molecular complexity index is 1210. The van der Waals surface area contributed by atoms with Gasteiger partial charge in [0.1, 0.15) is 0 Å². The van der Waals surface area contributed by atoms with Crippen molar-refractivity contribution in [3.8, 4) is 0 Å². The number of nitrogens with zero attached hydrogens (tertiary/aromatic N) is 2. The molecule has 0 aliphatic carbocycles. The van der Waals surface area contributed by atoms with E-state index < -0.39 is 23.7 Å². The molecule has 1 fully saturated rings. The molecule has 0 aromatic heterocycles. The Hall–Kier alpha value is -3.03. The zero-order valence-corrected chi connectivity index (χ0v) is 19.2.